The van der Waals surface area contributed by atoms with Gasteiger partial charge in [-0.05, 0) is 13.8 Å². The van der Waals surface area contributed by atoms with Gasteiger partial charge in [-0.3, -0.25) is 9.97 Å². The second-order valence-electron chi connectivity index (χ2n) is 3.07. The Hall–Kier alpha value is -1.43. The van der Waals surface area contributed by atoms with Crippen LogP contribution in [0.25, 0.3) is 0 Å². The van der Waals surface area contributed by atoms with Crippen LogP contribution < -0.4 is 17.1 Å². The van der Waals surface area contributed by atoms with E-state index in [2.05, 4.69) is 9.97 Å². The molecule has 1 aromatic heterocycles. The van der Waals surface area contributed by atoms with Crippen LogP contribution in [-0.2, 0) is 5.54 Å². The number of hydrogen-bond donors (Lipinski definition) is 3. The summed E-state index contributed by atoms with van der Waals surface area (Å²) in [6.45, 7) is 3.29. The molecule has 0 aliphatic rings. The molecule has 0 bridgehead atoms. The van der Waals surface area contributed by atoms with Gasteiger partial charge in [-0.1, -0.05) is 0 Å². The first-order valence-electron chi connectivity index (χ1n) is 3.39. The number of nitrogens with one attached hydrogen (secondary N) is 2. The molecular weight excluding hydrogens is 160 g/mol. The van der Waals surface area contributed by atoms with Crippen molar-refractivity contribution >= 4 is 0 Å². The predicted molar refractivity (Wildman–Crippen MR) is 42.7 cm³/mol. The molecule has 0 unspecified atom stereocenters. The second kappa shape index (κ2) is 2.56. The van der Waals surface area contributed by atoms with Gasteiger partial charge < -0.3 is 5.73 Å². The molecule has 1 rings (SSSR count). The molecule has 66 valence electrons. The fourth-order valence-corrected chi connectivity index (χ4v) is 0.699. The van der Waals surface area contributed by atoms with Crippen LogP contribution in [0.3, 0.4) is 0 Å². The molecule has 6 nitrogen and oxygen atoms in total. The first-order valence-corrected chi connectivity index (χ1v) is 3.39. The summed E-state index contributed by atoms with van der Waals surface area (Å²) in [5.41, 5.74) is 3.52. The monoisotopic (exact) mass is 170 g/mol. The van der Waals surface area contributed by atoms with Crippen molar-refractivity contribution in [3.05, 3.63) is 26.8 Å². The summed E-state index contributed by atoms with van der Waals surface area (Å²) in [6, 6.07) is 0. The van der Waals surface area contributed by atoms with Gasteiger partial charge in [0.25, 0.3) is 0 Å². The van der Waals surface area contributed by atoms with E-state index in [4.69, 9.17) is 5.73 Å². The minimum absolute atomic E-state index is 0.177. The molecule has 0 saturated heterocycles. The number of hydrogen-bond acceptors (Lipinski definition) is 4. The Labute approximate surface area is 67.8 Å². The zero-order valence-corrected chi connectivity index (χ0v) is 6.84. The topological polar surface area (TPSA) is 105 Å². The molecule has 0 fully saturated rings. The molecule has 1 heterocycles. The van der Waals surface area contributed by atoms with Gasteiger partial charge in [-0.25, -0.2) is 9.59 Å². The average molecular weight is 170 g/mol. The van der Waals surface area contributed by atoms with Gasteiger partial charge in [0, 0.05) is 0 Å². The molecule has 0 amide bonds. The minimum atomic E-state index is -0.812. The van der Waals surface area contributed by atoms with E-state index in [1.54, 1.807) is 13.8 Å². The Morgan fingerprint density at radius 3 is 2.33 bits per heavy atom. The average Bonchev–Trinajstić information content (AvgIpc) is 1.82. The summed E-state index contributed by atoms with van der Waals surface area (Å²) in [6.07, 6.45) is 0. The maximum Gasteiger partial charge on any atom is 0.350 e. The van der Waals surface area contributed by atoms with E-state index in [0.717, 1.165) is 0 Å². The van der Waals surface area contributed by atoms with Crippen LogP contribution in [0.15, 0.2) is 9.59 Å². The van der Waals surface area contributed by atoms with Crippen LogP contribution in [0.5, 0.6) is 0 Å². The summed E-state index contributed by atoms with van der Waals surface area (Å²) in [5.74, 6) is 0.177. The highest BCUT2D eigenvalue weighted by Gasteiger charge is 2.17. The van der Waals surface area contributed by atoms with Crippen LogP contribution in [0.1, 0.15) is 19.7 Å². The van der Waals surface area contributed by atoms with Crippen molar-refractivity contribution in [2.24, 2.45) is 5.73 Å². The summed E-state index contributed by atoms with van der Waals surface area (Å²) in [4.78, 5) is 29.3. The van der Waals surface area contributed by atoms with Crippen molar-refractivity contribution in [3.63, 3.8) is 0 Å². The molecule has 0 aromatic carbocycles. The molecule has 6 heteroatoms. The van der Waals surface area contributed by atoms with Gasteiger partial charge in [0.2, 0.25) is 0 Å². The van der Waals surface area contributed by atoms with Crippen molar-refractivity contribution in [2.75, 3.05) is 0 Å². The van der Waals surface area contributed by atoms with Crippen LogP contribution in [0.4, 0.5) is 0 Å². The quantitative estimate of drug-likeness (QED) is 0.484. The standard InChI is InChI=1S/C6H10N4O2/c1-6(2,7)3-8-4(11)10-5(12)9-3/h7H2,1-2H3,(H2,8,9,10,11,12). The molecule has 0 spiro atoms. The Bertz CT molecular complexity index is 355. The zero-order chi connectivity index (χ0) is 9.35. The van der Waals surface area contributed by atoms with E-state index in [-0.39, 0.29) is 5.82 Å². The Morgan fingerprint density at radius 2 is 1.92 bits per heavy atom. The third kappa shape index (κ3) is 1.79. The highest BCUT2D eigenvalue weighted by atomic mass is 16.2. The summed E-state index contributed by atoms with van der Waals surface area (Å²) in [5, 5.41) is 0. The lowest BCUT2D eigenvalue weighted by Crippen LogP contribution is -2.38. The normalized spacial score (nSPS) is 11.6. The summed E-state index contributed by atoms with van der Waals surface area (Å²) < 4.78 is 0. The maximum absolute atomic E-state index is 10.8. The predicted octanol–water partition coefficient (Wildman–Crippen LogP) is -1.35. The Kier molecular flexibility index (Phi) is 1.85. The van der Waals surface area contributed by atoms with Crippen molar-refractivity contribution in [2.45, 2.75) is 19.4 Å². The van der Waals surface area contributed by atoms with Gasteiger partial charge in [0.1, 0.15) is 5.82 Å². The van der Waals surface area contributed by atoms with Crippen LogP contribution >= 0.6 is 0 Å². The number of aromatic amines is 2. The smallest absolute Gasteiger partial charge is 0.319 e. The molecular formula is C6H10N4O2. The molecule has 0 radical (unpaired) electrons. The van der Waals surface area contributed by atoms with Crippen LogP contribution in [0, 0.1) is 0 Å². The van der Waals surface area contributed by atoms with E-state index in [1.165, 1.54) is 0 Å². The minimum Gasteiger partial charge on any atom is -0.319 e. The van der Waals surface area contributed by atoms with Gasteiger partial charge >= 0.3 is 11.4 Å². The molecule has 0 saturated carbocycles. The van der Waals surface area contributed by atoms with Crippen molar-refractivity contribution < 1.29 is 0 Å². The van der Waals surface area contributed by atoms with Crippen LogP contribution in [-0.4, -0.2) is 15.0 Å². The molecule has 0 aliphatic carbocycles. The lowest BCUT2D eigenvalue weighted by molar-refractivity contribution is 0.504. The number of nitrogens with zero attached hydrogens (tertiary/aromatic N) is 1. The number of aromatic nitrogens is 3. The maximum atomic E-state index is 10.8. The van der Waals surface area contributed by atoms with Gasteiger partial charge in [-0.15, -0.1) is 0 Å². The van der Waals surface area contributed by atoms with Crippen molar-refractivity contribution in [1.29, 1.82) is 0 Å². The van der Waals surface area contributed by atoms with Gasteiger partial charge in [-0.2, -0.15) is 4.98 Å². The summed E-state index contributed by atoms with van der Waals surface area (Å²) >= 11 is 0. The third-order valence-corrected chi connectivity index (χ3v) is 1.28. The van der Waals surface area contributed by atoms with E-state index in [9.17, 15) is 9.59 Å². The highest BCUT2D eigenvalue weighted by molar-refractivity contribution is 4.97. The highest BCUT2D eigenvalue weighted by Crippen LogP contribution is 2.06. The SMILES string of the molecule is CC(C)(N)c1nc(=O)[nH]c(=O)[nH]1. The van der Waals surface area contributed by atoms with Crippen molar-refractivity contribution in [3.8, 4) is 0 Å². The molecule has 0 atom stereocenters. The largest absolute Gasteiger partial charge is 0.350 e. The lowest BCUT2D eigenvalue weighted by atomic mass is 10.1. The van der Waals surface area contributed by atoms with E-state index >= 15 is 0 Å². The number of H-pyrrole nitrogens is 2. The van der Waals surface area contributed by atoms with Gasteiger partial charge in [0.05, 0.1) is 5.54 Å². The van der Waals surface area contributed by atoms with E-state index < -0.39 is 16.9 Å². The molecule has 4 N–H and O–H groups in total. The summed E-state index contributed by atoms with van der Waals surface area (Å²) in [7, 11) is 0. The zero-order valence-electron chi connectivity index (χ0n) is 6.84. The van der Waals surface area contributed by atoms with E-state index in [1.807, 2.05) is 4.98 Å². The first-order chi connectivity index (χ1) is 5.39. The lowest BCUT2D eigenvalue weighted by Gasteiger charge is -2.15. The molecule has 12 heavy (non-hydrogen) atoms. The fourth-order valence-electron chi connectivity index (χ4n) is 0.699. The number of nitrogens with two attached hydrogens (primary N) is 1. The van der Waals surface area contributed by atoms with Crippen molar-refractivity contribution in [1.82, 2.24) is 15.0 Å². The fraction of sp³-hybridized carbons (Fsp3) is 0.500. The van der Waals surface area contributed by atoms with Gasteiger partial charge in [0.15, 0.2) is 0 Å². The second-order valence-corrected chi connectivity index (χ2v) is 3.07. The molecule has 1 aromatic rings. The first kappa shape index (κ1) is 8.66. The molecule has 0 aliphatic heterocycles. The third-order valence-electron chi connectivity index (χ3n) is 1.28. The van der Waals surface area contributed by atoms with Crippen LogP contribution in [0.2, 0.25) is 0 Å². The Balaban J connectivity index is 3.37. The van der Waals surface area contributed by atoms with E-state index in [0.29, 0.717) is 0 Å². The Morgan fingerprint density at radius 1 is 1.33 bits per heavy atom. The number of rotatable bonds is 1.